The number of nitrogens with zero attached hydrogens (tertiary/aromatic N) is 2. The summed E-state index contributed by atoms with van der Waals surface area (Å²) in [5, 5.41) is 3.42. The van der Waals surface area contributed by atoms with Crippen molar-refractivity contribution in [3.63, 3.8) is 0 Å². The van der Waals surface area contributed by atoms with Crippen molar-refractivity contribution in [1.29, 1.82) is 0 Å². The van der Waals surface area contributed by atoms with E-state index in [9.17, 15) is 4.79 Å². The minimum atomic E-state index is -0.161. The van der Waals surface area contributed by atoms with Crippen LogP contribution in [0.5, 0.6) is 5.75 Å². The molecule has 1 amide bonds. The van der Waals surface area contributed by atoms with E-state index in [-0.39, 0.29) is 5.91 Å². The van der Waals surface area contributed by atoms with Crippen LogP contribution in [0.2, 0.25) is 5.15 Å². The van der Waals surface area contributed by atoms with E-state index in [1.807, 2.05) is 18.3 Å². The lowest BCUT2D eigenvalue weighted by molar-refractivity contribution is 0.0950. The number of carbonyl (C=O) groups excluding carboxylic acids is 1. The van der Waals surface area contributed by atoms with Crippen molar-refractivity contribution >= 4 is 23.2 Å². The zero-order chi connectivity index (χ0) is 15.5. The summed E-state index contributed by atoms with van der Waals surface area (Å²) in [5.74, 6) is 0.553. The molecule has 0 saturated carbocycles. The van der Waals surface area contributed by atoms with Crippen LogP contribution in [0.15, 0.2) is 48.7 Å². The second-order valence-corrected chi connectivity index (χ2v) is 5.11. The molecule has 0 aliphatic heterocycles. The Hall–Kier alpha value is -2.53. The van der Waals surface area contributed by atoms with Gasteiger partial charge in [0.25, 0.3) is 5.91 Å². The maximum absolute atomic E-state index is 12.1. The number of fused-ring (bicyclic) bond motifs is 1. The fourth-order valence-corrected chi connectivity index (χ4v) is 2.34. The highest BCUT2D eigenvalue weighted by Crippen LogP contribution is 2.14. The molecular weight excluding hydrogens is 302 g/mol. The number of rotatable bonds is 4. The minimum Gasteiger partial charge on any atom is -0.497 e. The summed E-state index contributed by atoms with van der Waals surface area (Å²) in [7, 11) is 1.59. The van der Waals surface area contributed by atoms with Crippen molar-refractivity contribution < 1.29 is 9.53 Å². The lowest BCUT2D eigenvalue weighted by atomic mass is 10.2. The van der Waals surface area contributed by atoms with Crippen LogP contribution in [-0.4, -0.2) is 22.4 Å². The number of halogens is 1. The van der Waals surface area contributed by atoms with Gasteiger partial charge >= 0.3 is 0 Å². The van der Waals surface area contributed by atoms with Crippen LogP contribution < -0.4 is 10.1 Å². The van der Waals surface area contributed by atoms with Gasteiger partial charge in [0.15, 0.2) is 0 Å². The number of methoxy groups -OCH3 is 1. The molecule has 1 N–H and O–H groups in total. The molecular formula is C16H14ClN3O2. The van der Waals surface area contributed by atoms with Gasteiger partial charge in [-0.15, -0.1) is 0 Å². The molecule has 0 bridgehead atoms. The molecule has 22 heavy (non-hydrogen) atoms. The van der Waals surface area contributed by atoms with Gasteiger partial charge in [-0.05, 0) is 36.4 Å². The molecule has 0 spiro atoms. The Balaban J connectivity index is 1.70. The maximum Gasteiger partial charge on any atom is 0.251 e. The Bertz CT molecular complexity index is 812. The summed E-state index contributed by atoms with van der Waals surface area (Å²) >= 11 is 6.08. The maximum atomic E-state index is 12.1. The molecule has 0 atom stereocenters. The van der Waals surface area contributed by atoms with Gasteiger partial charge in [0.2, 0.25) is 0 Å². The number of benzene rings is 1. The van der Waals surface area contributed by atoms with Gasteiger partial charge in [-0.3, -0.25) is 9.20 Å². The Morgan fingerprint density at radius 1 is 1.27 bits per heavy atom. The molecule has 0 radical (unpaired) electrons. The monoisotopic (exact) mass is 315 g/mol. The van der Waals surface area contributed by atoms with Crippen molar-refractivity contribution in [3.05, 3.63) is 65.1 Å². The van der Waals surface area contributed by atoms with Gasteiger partial charge in [0.05, 0.1) is 19.3 Å². The third-order valence-electron chi connectivity index (χ3n) is 3.27. The largest absolute Gasteiger partial charge is 0.497 e. The Kier molecular flexibility index (Phi) is 3.98. The van der Waals surface area contributed by atoms with Crippen LogP contribution in [0.1, 0.15) is 16.1 Å². The quantitative estimate of drug-likeness (QED) is 0.753. The molecule has 0 aliphatic rings. The number of carbonyl (C=O) groups is 1. The summed E-state index contributed by atoms with van der Waals surface area (Å²) in [4.78, 5) is 16.5. The third-order valence-corrected chi connectivity index (χ3v) is 3.58. The summed E-state index contributed by atoms with van der Waals surface area (Å²) in [5.41, 5.74) is 2.07. The highest BCUT2D eigenvalue weighted by Gasteiger charge is 2.08. The van der Waals surface area contributed by atoms with Gasteiger partial charge in [0, 0.05) is 11.8 Å². The number of amides is 1. The summed E-state index contributed by atoms with van der Waals surface area (Å²) in [6, 6.07) is 12.4. The molecule has 5 nitrogen and oxygen atoms in total. The molecule has 3 rings (SSSR count). The molecule has 0 aliphatic carbocycles. The SMILES string of the molecule is COc1ccc(C(=O)NCc2cn3c(Cl)cccc3n2)cc1. The van der Waals surface area contributed by atoms with Crippen molar-refractivity contribution in [3.8, 4) is 5.75 Å². The Labute approximate surface area is 132 Å². The van der Waals surface area contributed by atoms with Crippen LogP contribution >= 0.6 is 11.6 Å². The molecule has 6 heteroatoms. The summed E-state index contributed by atoms with van der Waals surface area (Å²) < 4.78 is 6.84. The van der Waals surface area contributed by atoms with Gasteiger partial charge in [0.1, 0.15) is 16.5 Å². The number of pyridine rings is 1. The number of ether oxygens (including phenoxy) is 1. The van der Waals surface area contributed by atoms with Crippen molar-refractivity contribution in [2.75, 3.05) is 7.11 Å². The molecule has 1 aromatic carbocycles. The van der Waals surface area contributed by atoms with Gasteiger partial charge < -0.3 is 10.1 Å². The fraction of sp³-hybridized carbons (Fsp3) is 0.125. The Morgan fingerprint density at radius 2 is 2.05 bits per heavy atom. The predicted octanol–water partition coefficient (Wildman–Crippen LogP) is 2.93. The van der Waals surface area contributed by atoms with Crippen molar-refractivity contribution in [1.82, 2.24) is 14.7 Å². The van der Waals surface area contributed by atoms with E-state index < -0.39 is 0 Å². The number of aromatic nitrogens is 2. The number of nitrogens with one attached hydrogen (secondary N) is 1. The van der Waals surface area contributed by atoms with Crippen LogP contribution in [0, 0.1) is 0 Å². The highest BCUT2D eigenvalue weighted by atomic mass is 35.5. The van der Waals surface area contributed by atoms with Gasteiger partial charge in [-0.1, -0.05) is 17.7 Å². The molecule has 0 unspecified atom stereocenters. The zero-order valence-electron chi connectivity index (χ0n) is 11.9. The molecule has 0 saturated heterocycles. The lowest BCUT2D eigenvalue weighted by Gasteiger charge is -2.04. The van der Waals surface area contributed by atoms with E-state index in [1.165, 1.54) is 0 Å². The van der Waals surface area contributed by atoms with Crippen LogP contribution in [-0.2, 0) is 6.54 Å². The molecule has 3 aromatic rings. The molecule has 112 valence electrons. The topological polar surface area (TPSA) is 55.6 Å². The number of hydrogen-bond donors (Lipinski definition) is 1. The number of hydrogen-bond acceptors (Lipinski definition) is 3. The first-order valence-corrected chi connectivity index (χ1v) is 7.10. The molecule has 2 aromatic heterocycles. The van der Waals surface area contributed by atoms with E-state index in [2.05, 4.69) is 10.3 Å². The normalized spacial score (nSPS) is 10.6. The number of imidazole rings is 1. The average molecular weight is 316 g/mol. The molecule has 2 heterocycles. The van der Waals surface area contributed by atoms with E-state index in [0.29, 0.717) is 23.0 Å². The summed E-state index contributed by atoms with van der Waals surface area (Å²) in [6.45, 7) is 0.336. The lowest BCUT2D eigenvalue weighted by Crippen LogP contribution is -2.22. The smallest absolute Gasteiger partial charge is 0.251 e. The van der Waals surface area contributed by atoms with E-state index in [0.717, 1.165) is 11.3 Å². The standard InChI is InChI=1S/C16H14ClN3O2/c1-22-13-7-5-11(6-8-13)16(21)18-9-12-10-20-14(17)3-2-4-15(20)19-12/h2-8,10H,9H2,1H3,(H,18,21). The first-order chi connectivity index (χ1) is 10.7. The van der Waals surface area contributed by atoms with Crippen molar-refractivity contribution in [2.24, 2.45) is 0 Å². The second kappa shape index (κ2) is 6.07. The van der Waals surface area contributed by atoms with E-state index in [1.54, 1.807) is 41.8 Å². The Morgan fingerprint density at radius 3 is 2.73 bits per heavy atom. The summed E-state index contributed by atoms with van der Waals surface area (Å²) in [6.07, 6.45) is 1.81. The first-order valence-electron chi connectivity index (χ1n) is 6.72. The predicted molar refractivity (Wildman–Crippen MR) is 84.4 cm³/mol. The van der Waals surface area contributed by atoms with Gasteiger partial charge in [-0.25, -0.2) is 4.98 Å². The van der Waals surface area contributed by atoms with E-state index in [4.69, 9.17) is 16.3 Å². The van der Waals surface area contributed by atoms with Gasteiger partial charge in [-0.2, -0.15) is 0 Å². The second-order valence-electron chi connectivity index (χ2n) is 4.72. The zero-order valence-corrected chi connectivity index (χ0v) is 12.7. The highest BCUT2D eigenvalue weighted by molar-refractivity contribution is 6.29. The van der Waals surface area contributed by atoms with Crippen LogP contribution in [0.3, 0.4) is 0 Å². The van der Waals surface area contributed by atoms with Crippen LogP contribution in [0.4, 0.5) is 0 Å². The minimum absolute atomic E-state index is 0.161. The first kappa shape index (κ1) is 14.4. The van der Waals surface area contributed by atoms with E-state index >= 15 is 0 Å². The van der Waals surface area contributed by atoms with Crippen molar-refractivity contribution in [2.45, 2.75) is 6.54 Å². The fourth-order valence-electron chi connectivity index (χ4n) is 2.13. The average Bonchev–Trinajstić information content (AvgIpc) is 2.97. The third kappa shape index (κ3) is 2.89. The molecule has 0 fully saturated rings. The van der Waals surface area contributed by atoms with Crippen LogP contribution in [0.25, 0.3) is 5.65 Å².